The topological polar surface area (TPSA) is 63.6 Å². The zero-order valence-corrected chi connectivity index (χ0v) is 12.7. The number of thiophene rings is 1. The first-order valence-electron chi connectivity index (χ1n) is 6.60. The van der Waals surface area contributed by atoms with E-state index in [0.29, 0.717) is 29.2 Å². The number of ether oxygens (including phenoxy) is 1. The second kappa shape index (κ2) is 6.54. The van der Waals surface area contributed by atoms with Crippen molar-refractivity contribution in [3.8, 4) is 5.75 Å². The van der Waals surface area contributed by atoms with Gasteiger partial charge in [-0.3, -0.25) is 4.79 Å². The van der Waals surface area contributed by atoms with Crippen LogP contribution in [0.4, 0.5) is 0 Å². The number of benzene rings is 1. The van der Waals surface area contributed by atoms with Gasteiger partial charge in [0.15, 0.2) is 5.78 Å². The Bertz CT molecular complexity index is 655. The number of aromatic carboxylic acids is 1. The lowest BCUT2D eigenvalue weighted by atomic mass is 10.1. The Labute approximate surface area is 127 Å². The molecule has 0 aliphatic heterocycles. The lowest BCUT2D eigenvalue weighted by molar-refractivity contribution is 0.0701. The van der Waals surface area contributed by atoms with Crippen molar-refractivity contribution in [3.63, 3.8) is 0 Å². The van der Waals surface area contributed by atoms with Crippen LogP contribution in [0.15, 0.2) is 30.3 Å². The molecule has 1 aromatic carbocycles. The summed E-state index contributed by atoms with van der Waals surface area (Å²) in [7, 11) is 0. The lowest BCUT2D eigenvalue weighted by Crippen LogP contribution is -1.98. The van der Waals surface area contributed by atoms with Crippen LogP contribution in [-0.4, -0.2) is 16.9 Å². The minimum absolute atomic E-state index is 0.0985. The Morgan fingerprint density at radius 2 is 1.90 bits per heavy atom. The van der Waals surface area contributed by atoms with Crippen LogP contribution in [0.25, 0.3) is 0 Å². The molecule has 1 aromatic heterocycles. The summed E-state index contributed by atoms with van der Waals surface area (Å²) in [6.07, 6.45) is 0.478. The molecule has 0 aliphatic rings. The number of ketones is 1. The standard InChI is InChI=1S/C16H16O4S/c1-3-14(17)11-4-6-13(7-5-11)20-9-12-8-15(16(18)19)21-10(12)2/h4-8H,3,9H2,1-2H3,(H,18,19). The van der Waals surface area contributed by atoms with Gasteiger partial charge in [0, 0.05) is 22.4 Å². The molecular weight excluding hydrogens is 288 g/mol. The number of hydrogen-bond donors (Lipinski definition) is 1. The minimum Gasteiger partial charge on any atom is -0.489 e. The van der Waals surface area contributed by atoms with Gasteiger partial charge in [-0.2, -0.15) is 0 Å². The molecule has 110 valence electrons. The van der Waals surface area contributed by atoms with Gasteiger partial charge in [-0.25, -0.2) is 4.79 Å². The number of carbonyl (C=O) groups is 2. The van der Waals surface area contributed by atoms with Gasteiger partial charge < -0.3 is 9.84 Å². The molecule has 0 amide bonds. The third-order valence-electron chi connectivity index (χ3n) is 3.12. The molecule has 0 aliphatic carbocycles. The summed E-state index contributed by atoms with van der Waals surface area (Å²) in [5.74, 6) is -0.164. The average molecular weight is 304 g/mol. The van der Waals surface area contributed by atoms with Gasteiger partial charge in [0.1, 0.15) is 17.2 Å². The maximum atomic E-state index is 11.5. The van der Waals surface area contributed by atoms with Gasteiger partial charge in [-0.05, 0) is 37.3 Å². The summed E-state index contributed by atoms with van der Waals surface area (Å²) in [4.78, 5) is 23.7. The summed E-state index contributed by atoms with van der Waals surface area (Å²) in [5.41, 5.74) is 1.54. The van der Waals surface area contributed by atoms with Gasteiger partial charge >= 0.3 is 5.97 Å². The number of rotatable bonds is 6. The molecule has 0 atom stereocenters. The number of hydrogen-bond acceptors (Lipinski definition) is 4. The molecular formula is C16H16O4S. The van der Waals surface area contributed by atoms with Crippen LogP contribution in [0.1, 0.15) is 43.8 Å². The molecule has 0 bridgehead atoms. The monoisotopic (exact) mass is 304 g/mol. The van der Waals surface area contributed by atoms with Crippen molar-refractivity contribution in [2.45, 2.75) is 26.9 Å². The second-order valence-corrected chi connectivity index (χ2v) is 5.84. The first-order valence-corrected chi connectivity index (χ1v) is 7.41. The molecule has 4 nitrogen and oxygen atoms in total. The molecule has 0 fully saturated rings. The maximum absolute atomic E-state index is 11.5. The number of aryl methyl sites for hydroxylation is 1. The Balaban J connectivity index is 2.03. The third kappa shape index (κ3) is 3.70. The van der Waals surface area contributed by atoms with Crippen LogP contribution in [0, 0.1) is 6.92 Å². The quantitative estimate of drug-likeness (QED) is 0.821. The van der Waals surface area contributed by atoms with E-state index in [9.17, 15) is 9.59 Å². The van der Waals surface area contributed by atoms with E-state index < -0.39 is 5.97 Å². The molecule has 2 aromatic rings. The summed E-state index contributed by atoms with van der Waals surface area (Å²) in [5, 5.41) is 8.95. The largest absolute Gasteiger partial charge is 0.489 e. The fourth-order valence-corrected chi connectivity index (χ4v) is 2.74. The molecule has 21 heavy (non-hydrogen) atoms. The number of carboxylic acids is 1. The molecule has 0 radical (unpaired) electrons. The van der Waals surface area contributed by atoms with E-state index in [0.717, 1.165) is 10.4 Å². The van der Waals surface area contributed by atoms with Crippen molar-refractivity contribution in [2.24, 2.45) is 0 Å². The van der Waals surface area contributed by atoms with Gasteiger partial charge in [0.05, 0.1) is 0 Å². The molecule has 0 saturated carbocycles. The molecule has 1 heterocycles. The highest BCUT2D eigenvalue weighted by Gasteiger charge is 2.11. The molecule has 5 heteroatoms. The van der Waals surface area contributed by atoms with Crippen LogP contribution in [0.5, 0.6) is 5.75 Å². The molecule has 0 unspecified atom stereocenters. The van der Waals surface area contributed by atoms with Crippen molar-refractivity contribution >= 4 is 23.1 Å². The van der Waals surface area contributed by atoms with Crippen LogP contribution >= 0.6 is 11.3 Å². The van der Waals surface area contributed by atoms with Gasteiger partial charge in [-0.1, -0.05) is 6.92 Å². The van der Waals surface area contributed by atoms with Gasteiger partial charge in [-0.15, -0.1) is 11.3 Å². The third-order valence-corrected chi connectivity index (χ3v) is 4.20. The zero-order chi connectivity index (χ0) is 15.4. The number of carbonyl (C=O) groups excluding carboxylic acids is 1. The Morgan fingerprint density at radius 3 is 2.43 bits per heavy atom. The predicted molar refractivity (Wildman–Crippen MR) is 81.4 cm³/mol. The van der Waals surface area contributed by atoms with Crippen molar-refractivity contribution in [3.05, 3.63) is 51.2 Å². The van der Waals surface area contributed by atoms with Crippen LogP contribution in [0.2, 0.25) is 0 Å². The molecule has 1 N–H and O–H groups in total. The fraction of sp³-hybridized carbons (Fsp3) is 0.250. The smallest absolute Gasteiger partial charge is 0.345 e. The maximum Gasteiger partial charge on any atom is 0.345 e. The molecule has 2 rings (SSSR count). The van der Waals surface area contributed by atoms with E-state index in [2.05, 4.69) is 0 Å². The van der Waals surface area contributed by atoms with E-state index >= 15 is 0 Å². The lowest BCUT2D eigenvalue weighted by Gasteiger charge is -2.06. The Morgan fingerprint density at radius 1 is 1.24 bits per heavy atom. The minimum atomic E-state index is -0.920. The zero-order valence-electron chi connectivity index (χ0n) is 11.9. The van der Waals surface area contributed by atoms with Crippen LogP contribution < -0.4 is 4.74 Å². The normalized spacial score (nSPS) is 10.4. The Hall–Kier alpha value is -2.14. The SMILES string of the molecule is CCC(=O)c1ccc(OCc2cc(C(=O)O)sc2C)cc1. The highest BCUT2D eigenvalue weighted by atomic mass is 32.1. The van der Waals surface area contributed by atoms with Crippen molar-refractivity contribution in [1.29, 1.82) is 0 Å². The fourth-order valence-electron chi connectivity index (χ4n) is 1.87. The van der Waals surface area contributed by atoms with Gasteiger partial charge in [0.2, 0.25) is 0 Å². The Kier molecular flexibility index (Phi) is 4.75. The average Bonchev–Trinajstić information content (AvgIpc) is 2.86. The molecule has 0 saturated heterocycles. The number of carboxylic acid groups (broad SMARTS) is 1. The summed E-state index contributed by atoms with van der Waals surface area (Å²) in [6.45, 7) is 4.02. The van der Waals surface area contributed by atoms with E-state index in [1.807, 2.05) is 13.8 Å². The van der Waals surface area contributed by atoms with E-state index in [4.69, 9.17) is 9.84 Å². The van der Waals surface area contributed by atoms with Crippen LogP contribution in [0.3, 0.4) is 0 Å². The molecule has 0 spiro atoms. The van der Waals surface area contributed by atoms with Gasteiger partial charge in [0.25, 0.3) is 0 Å². The summed E-state index contributed by atoms with van der Waals surface area (Å²) >= 11 is 1.24. The van der Waals surface area contributed by atoms with E-state index in [1.54, 1.807) is 30.3 Å². The highest BCUT2D eigenvalue weighted by Crippen LogP contribution is 2.23. The summed E-state index contributed by atoms with van der Waals surface area (Å²) < 4.78 is 5.64. The predicted octanol–water partition coefficient (Wildman–Crippen LogP) is 3.93. The summed E-state index contributed by atoms with van der Waals surface area (Å²) in [6, 6.07) is 8.62. The second-order valence-electron chi connectivity index (χ2n) is 4.59. The van der Waals surface area contributed by atoms with Crippen molar-refractivity contribution in [2.75, 3.05) is 0 Å². The van der Waals surface area contributed by atoms with E-state index in [1.165, 1.54) is 11.3 Å². The highest BCUT2D eigenvalue weighted by molar-refractivity contribution is 7.14. The first kappa shape index (κ1) is 15.3. The van der Waals surface area contributed by atoms with Crippen LogP contribution in [-0.2, 0) is 6.61 Å². The number of Topliss-reactive ketones (excluding diaryl/α,β-unsaturated/α-hetero) is 1. The van der Waals surface area contributed by atoms with Crippen molar-refractivity contribution in [1.82, 2.24) is 0 Å². The van der Waals surface area contributed by atoms with E-state index in [-0.39, 0.29) is 5.78 Å². The first-order chi connectivity index (χ1) is 10.0. The van der Waals surface area contributed by atoms with Crippen molar-refractivity contribution < 1.29 is 19.4 Å².